The normalized spacial score (nSPS) is 27.9. The molecule has 0 aliphatic carbocycles. The van der Waals surface area contributed by atoms with Gasteiger partial charge in [-0.2, -0.15) is 4.98 Å². The number of aliphatic hydroxyl groups is 2. The van der Waals surface area contributed by atoms with Crippen LogP contribution in [-0.4, -0.2) is 74.2 Å². The predicted molar refractivity (Wildman–Crippen MR) is 105 cm³/mol. The summed E-state index contributed by atoms with van der Waals surface area (Å²) in [4.78, 5) is 58.1. The number of H-pyrrole nitrogens is 1. The van der Waals surface area contributed by atoms with Gasteiger partial charge < -0.3 is 40.3 Å². The molecule has 6 atom stereocenters. The van der Waals surface area contributed by atoms with Crippen LogP contribution in [0.4, 0.5) is 5.95 Å². The van der Waals surface area contributed by atoms with Crippen LogP contribution >= 0.6 is 22.4 Å². The van der Waals surface area contributed by atoms with Gasteiger partial charge in [0, 0.05) is 0 Å². The van der Waals surface area contributed by atoms with Crippen molar-refractivity contribution in [3.05, 3.63) is 16.7 Å². The molecule has 1 aliphatic rings. The summed E-state index contributed by atoms with van der Waals surface area (Å²) < 4.78 is 41.5. The largest absolute Gasteiger partial charge is 0.479 e. The number of hydrogen-bond donors (Lipinski definition) is 8. The standard InChI is InChI=1S/C10H16N5O13P3S/c11-10-13-7-4(8(18)14-10)12-2-15(7)9-6(17)5(16)3(26-9)1-25-30(22,23)28-31(24,32)27-29(19,20)21/h2-3,5-6,9,16-17H,1H2,(H,22,23)(H,24,32)(H2,19,20,21)(H3,11,13,14,18)/t3-,5-,6-,9-,31?/m1/s1. The quantitative estimate of drug-likeness (QED) is 0.165. The lowest BCUT2D eigenvalue weighted by Crippen LogP contribution is -2.33. The number of rotatable bonds is 8. The molecule has 2 aromatic heterocycles. The fourth-order valence-corrected chi connectivity index (χ4v) is 7.27. The average Bonchev–Trinajstić information content (AvgIpc) is 3.12. The molecule has 1 aliphatic heterocycles. The fourth-order valence-electron chi connectivity index (χ4n) is 2.70. The van der Waals surface area contributed by atoms with Gasteiger partial charge in [-0.15, -0.1) is 0 Å². The summed E-state index contributed by atoms with van der Waals surface area (Å²) in [6.07, 6.45) is -5.10. The lowest BCUT2D eigenvalue weighted by molar-refractivity contribution is -0.0502. The topological polar surface area (TPSA) is 282 Å². The van der Waals surface area contributed by atoms with Gasteiger partial charge in [0.2, 0.25) is 5.95 Å². The third-order valence-electron chi connectivity index (χ3n) is 3.88. The molecule has 0 amide bonds. The summed E-state index contributed by atoms with van der Waals surface area (Å²) in [6.45, 7) is -5.82. The molecule has 180 valence electrons. The van der Waals surface area contributed by atoms with E-state index < -0.39 is 59.1 Å². The van der Waals surface area contributed by atoms with E-state index in [0.717, 1.165) is 10.9 Å². The van der Waals surface area contributed by atoms with Gasteiger partial charge in [0.25, 0.3) is 5.56 Å². The molecule has 1 fully saturated rings. The number of nitrogen functional groups attached to an aromatic ring is 1. The van der Waals surface area contributed by atoms with Crippen molar-refractivity contribution in [2.45, 2.75) is 24.5 Å². The Hall–Kier alpha value is -1.14. The molecule has 0 saturated carbocycles. The van der Waals surface area contributed by atoms with Gasteiger partial charge in [-0.3, -0.25) is 18.9 Å². The predicted octanol–water partition coefficient (Wildman–Crippen LogP) is -2.22. The third kappa shape index (κ3) is 5.85. The molecule has 9 N–H and O–H groups in total. The summed E-state index contributed by atoms with van der Waals surface area (Å²) in [6, 6.07) is 0. The Morgan fingerprint density at radius 1 is 1.22 bits per heavy atom. The number of aromatic nitrogens is 4. The van der Waals surface area contributed by atoms with E-state index in [4.69, 9.17) is 20.3 Å². The zero-order valence-corrected chi connectivity index (χ0v) is 18.8. The number of fused-ring (bicyclic) bond motifs is 1. The van der Waals surface area contributed by atoms with Crippen LogP contribution in [0.2, 0.25) is 0 Å². The SMILES string of the molecule is Nc1nc2c(ncn2[C@@H]2O[C@H](COP(=O)(O)OP(O)(=S)OP(=O)(O)O)[C@@H](O)[C@H]2O)c(=O)[nH]1. The summed E-state index contributed by atoms with van der Waals surface area (Å²) in [5, 5.41) is 20.5. The van der Waals surface area contributed by atoms with Crippen molar-refractivity contribution in [1.82, 2.24) is 19.5 Å². The highest BCUT2D eigenvalue weighted by Gasteiger charge is 2.46. The van der Waals surface area contributed by atoms with Gasteiger partial charge >= 0.3 is 22.4 Å². The van der Waals surface area contributed by atoms with E-state index in [1.54, 1.807) is 0 Å². The molecule has 22 heteroatoms. The number of aliphatic hydroxyl groups excluding tert-OH is 2. The Balaban J connectivity index is 1.72. The third-order valence-corrected chi connectivity index (χ3v) is 8.88. The first-order valence-electron chi connectivity index (χ1n) is 8.11. The van der Waals surface area contributed by atoms with Crippen molar-refractivity contribution < 1.29 is 56.8 Å². The van der Waals surface area contributed by atoms with Crippen LogP contribution < -0.4 is 11.3 Å². The molecule has 0 spiro atoms. The van der Waals surface area contributed by atoms with Gasteiger partial charge in [-0.1, -0.05) is 0 Å². The van der Waals surface area contributed by atoms with E-state index in [9.17, 15) is 33.9 Å². The van der Waals surface area contributed by atoms with Crippen LogP contribution in [0.15, 0.2) is 11.1 Å². The van der Waals surface area contributed by atoms with Gasteiger partial charge in [0.05, 0.1) is 12.9 Å². The Morgan fingerprint density at radius 2 is 1.88 bits per heavy atom. The second-order valence-electron chi connectivity index (χ2n) is 6.21. The van der Waals surface area contributed by atoms with E-state index in [2.05, 4.69) is 39.9 Å². The number of phosphoric ester groups is 1. The first kappa shape index (κ1) is 25.5. The lowest BCUT2D eigenvalue weighted by Gasteiger charge is -2.20. The van der Waals surface area contributed by atoms with Gasteiger partial charge in [-0.25, -0.2) is 22.7 Å². The van der Waals surface area contributed by atoms with E-state index in [1.807, 2.05) is 0 Å². The number of anilines is 1. The van der Waals surface area contributed by atoms with Crippen LogP contribution in [0, 0.1) is 0 Å². The minimum atomic E-state index is -5.36. The fraction of sp³-hybridized carbons (Fsp3) is 0.500. The van der Waals surface area contributed by atoms with Gasteiger partial charge in [0.1, 0.15) is 18.3 Å². The molecule has 2 unspecified atom stereocenters. The summed E-state index contributed by atoms with van der Waals surface area (Å²) >= 11 is 4.21. The van der Waals surface area contributed by atoms with E-state index >= 15 is 0 Å². The minimum absolute atomic E-state index is 0.0872. The number of aromatic amines is 1. The first-order valence-corrected chi connectivity index (χ1v) is 13.7. The number of hydrogen-bond acceptors (Lipinski definition) is 13. The molecule has 2 aromatic rings. The summed E-state index contributed by atoms with van der Waals surface area (Å²) in [5.74, 6) is -0.257. The van der Waals surface area contributed by atoms with Gasteiger partial charge in [-0.05, 0) is 11.8 Å². The van der Waals surface area contributed by atoms with Gasteiger partial charge in [0.15, 0.2) is 17.4 Å². The lowest BCUT2D eigenvalue weighted by atomic mass is 10.1. The number of phosphoric acid groups is 2. The Morgan fingerprint density at radius 3 is 2.50 bits per heavy atom. The van der Waals surface area contributed by atoms with Crippen LogP contribution in [0.5, 0.6) is 0 Å². The number of nitrogens with one attached hydrogen (secondary N) is 1. The first-order chi connectivity index (χ1) is 14.6. The van der Waals surface area contributed by atoms with Crippen LogP contribution in [0.1, 0.15) is 6.23 Å². The molecule has 0 aromatic carbocycles. The maximum absolute atomic E-state index is 11.9. The number of nitrogens with zero attached hydrogens (tertiary/aromatic N) is 3. The molecule has 0 bridgehead atoms. The van der Waals surface area contributed by atoms with Crippen LogP contribution in [-0.2, 0) is 38.8 Å². The molecule has 18 nitrogen and oxygen atoms in total. The molecule has 1 saturated heterocycles. The molecule has 3 heterocycles. The zero-order chi connectivity index (χ0) is 24.1. The second-order valence-corrected chi connectivity index (χ2v) is 12.0. The average molecular weight is 539 g/mol. The maximum atomic E-state index is 11.9. The second kappa shape index (κ2) is 8.90. The number of imidazole rings is 1. The van der Waals surface area contributed by atoms with Crippen molar-refractivity contribution in [1.29, 1.82) is 0 Å². The number of ether oxygens (including phenoxy) is 1. The highest BCUT2D eigenvalue weighted by Crippen LogP contribution is 2.66. The number of nitrogens with two attached hydrogens (primary N) is 1. The summed E-state index contributed by atoms with van der Waals surface area (Å²) in [5.41, 5.74) is 4.59. The van der Waals surface area contributed by atoms with Crippen molar-refractivity contribution in [3.8, 4) is 0 Å². The van der Waals surface area contributed by atoms with Crippen LogP contribution in [0.3, 0.4) is 0 Å². The minimum Gasteiger partial charge on any atom is -0.387 e. The van der Waals surface area contributed by atoms with Crippen molar-refractivity contribution in [3.63, 3.8) is 0 Å². The monoisotopic (exact) mass is 539 g/mol. The molecule has 32 heavy (non-hydrogen) atoms. The summed E-state index contributed by atoms with van der Waals surface area (Å²) in [7, 11) is -10.6. The molecular formula is C10H16N5O13P3S. The molecule has 0 radical (unpaired) electrons. The van der Waals surface area contributed by atoms with Crippen molar-refractivity contribution >= 4 is 51.3 Å². The van der Waals surface area contributed by atoms with E-state index in [1.165, 1.54) is 0 Å². The van der Waals surface area contributed by atoms with Crippen LogP contribution in [0.25, 0.3) is 11.2 Å². The maximum Gasteiger partial charge on any atom is 0.479 e. The van der Waals surface area contributed by atoms with E-state index in [0.29, 0.717) is 0 Å². The zero-order valence-electron chi connectivity index (χ0n) is 15.3. The Kier molecular flexibility index (Phi) is 7.09. The van der Waals surface area contributed by atoms with Crippen molar-refractivity contribution in [2.24, 2.45) is 0 Å². The highest BCUT2D eigenvalue weighted by atomic mass is 32.5. The Bertz CT molecular complexity index is 1210. The molecule has 3 rings (SSSR count). The van der Waals surface area contributed by atoms with Crippen molar-refractivity contribution in [2.75, 3.05) is 12.3 Å². The van der Waals surface area contributed by atoms with E-state index in [-0.39, 0.29) is 17.1 Å². The highest BCUT2D eigenvalue weighted by molar-refractivity contribution is 8.09. The molecular weight excluding hydrogens is 523 g/mol. The Labute approximate surface area is 181 Å². The smallest absolute Gasteiger partial charge is 0.387 e.